The zero-order valence-corrected chi connectivity index (χ0v) is 12.6. The van der Waals surface area contributed by atoms with E-state index in [0.717, 1.165) is 4.47 Å². The first-order chi connectivity index (χ1) is 8.49. The van der Waals surface area contributed by atoms with Gasteiger partial charge >= 0.3 is 0 Å². The van der Waals surface area contributed by atoms with E-state index in [9.17, 15) is 4.79 Å². The molecule has 1 aromatic carbocycles. The third kappa shape index (κ3) is 3.68. The average Bonchev–Trinajstić information content (AvgIpc) is 2.32. The first kappa shape index (κ1) is 14.9. The van der Waals surface area contributed by atoms with Crippen LogP contribution in [0.25, 0.3) is 0 Å². The first-order valence-electron chi connectivity index (χ1n) is 5.43. The van der Waals surface area contributed by atoms with Gasteiger partial charge in [-0.05, 0) is 34.5 Å². The molecule has 1 amide bonds. The lowest BCUT2D eigenvalue weighted by atomic mass is 10.1. The van der Waals surface area contributed by atoms with E-state index in [1.165, 1.54) is 0 Å². The molecule has 4 nitrogen and oxygen atoms in total. The number of anilines is 1. The van der Waals surface area contributed by atoms with Crippen LogP contribution < -0.4 is 15.8 Å². The van der Waals surface area contributed by atoms with Crippen LogP contribution in [0.15, 0.2) is 22.7 Å². The number of halogens is 1. The molecule has 18 heavy (non-hydrogen) atoms. The van der Waals surface area contributed by atoms with Crippen LogP contribution in [-0.4, -0.2) is 18.0 Å². The molecule has 0 saturated carbocycles. The SMILES string of the molecule is CCC(C(=O)Nc1cc(OC)ccc1Br)C(N)=S. The number of carbonyl (C=O) groups excluding carboxylic acids is 1. The van der Waals surface area contributed by atoms with Gasteiger partial charge in [0, 0.05) is 10.5 Å². The van der Waals surface area contributed by atoms with Gasteiger partial charge in [0.05, 0.1) is 23.7 Å². The lowest BCUT2D eigenvalue weighted by Crippen LogP contribution is -2.32. The lowest BCUT2D eigenvalue weighted by molar-refractivity contribution is -0.118. The van der Waals surface area contributed by atoms with Crippen molar-refractivity contribution < 1.29 is 9.53 Å². The van der Waals surface area contributed by atoms with Crippen LogP contribution in [0.4, 0.5) is 5.69 Å². The highest BCUT2D eigenvalue weighted by molar-refractivity contribution is 9.10. The van der Waals surface area contributed by atoms with Gasteiger partial charge in [-0.2, -0.15) is 0 Å². The standard InChI is InChI=1S/C12H15BrN2O2S/c1-3-8(11(14)18)12(16)15-10-6-7(17-2)4-5-9(10)13/h4-6,8H,3H2,1-2H3,(H2,14,18)(H,15,16). The van der Waals surface area contributed by atoms with Crippen LogP contribution in [0.1, 0.15) is 13.3 Å². The number of ether oxygens (including phenoxy) is 1. The Balaban J connectivity index is 2.90. The molecule has 0 aliphatic heterocycles. The molecule has 0 aliphatic rings. The molecule has 0 radical (unpaired) electrons. The Morgan fingerprint density at radius 3 is 2.78 bits per heavy atom. The normalized spacial score (nSPS) is 11.7. The van der Waals surface area contributed by atoms with E-state index in [1.807, 2.05) is 6.92 Å². The van der Waals surface area contributed by atoms with Crippen LogP contribution in [0.3, 0.4) is 0 Å². The van der Waals surface area contributed by atoms with Gasteiger partial charge in [0.15, 0.2) is 0 Å². The van der Waals surface area contributed by atoms with Crippen molar-refractivity contribution in [1.82, 2.24) is 0 Å². The zero-order chi connectivity index (χ0) is 13.7. The second-order valence-electron chi connectivity index (χ2n) is 3.70. The molecule has 1 unspecified atom stereocenters. The Bertz CT molecular complexity index is 465. The van der Waals surface area contributed by atoms with Crippen molar-refractivity contribution in [3.8, 4) is 5.75 Å². The monoisotopic (exact) mass is 330 g/mol. The summed E-state index contributed by atoms with van der Waals surface area (Å²) in [7, 11) is 1.57. The van der Waals surface area contributed by atoms with Crippen LogP contribution in [0.2, 0.25) is 0 Å². The molecule has 0 spiro atoms. The van der Waals surface area contributed by atoms with Crippen LogP contribution in [-0.2, 0) is 4.79 Å². The smallest absolute Gasteiger partial charge is 0.234 e. The van der Waals surface area contributed by atoms with E-state index in [-0.39, 0.29) is 10.9 Å². The van der Waals surface area contributed by atoms with Gasteiger partial charge in [0.2, 0.25) is 5.91 Å². The number of carbonyl (C=O) groups is 1. The van der Waals surface area contributed by atoms with Gasteiger partial charge in [-0.1, -0.05) is 19.1 Å². The minimum absolute atomic E-state index is 0.203. The molecule has 0 aromatic heterocycles. The highest BCUT2D eigenvalue weighted by Crippen LogP contribution is 2.27. The number of amides is 1. The molecule has 0 bridgehead atoms. The minimum Gasteiger partial charge on any atom is -0.497 e. The summed E-state index contributed by atoms with van der Waals surface area (Å²) in [5, 5.41) is 2.78. The molecular formula is C12H15BrN2O2S. The first-order valence-corrected chi connectivity index (χ1v) is 6.63. The summed E-state index contributed by atoms with van der Waals surface area (Å²) in [6, 6.07) is 5.33. The van der Waals surface area contributed by atoms with Crippen molar-refractivity contribution in [3.05, 3.63) is 22.7 Å². The number of nitrogens with one attached hydrogen (secondary N) is 1. The molecule has 6 heteroatoms. The van der Waals surface area contributed by atoms with Crippen LogP contribution >= 0.6 is 28.1 Å². The molecule has 1 rings (SSSR count). The molecule has 1 atom stereocenters. The molecule has 0 fully saturated rings. The average molecular weight is 331 g/mol. The number of hydrogen-bond acceptors (Lipinski definition) is 3. The number of methoxy groups -OCH3 is 1. The molecule has 0 saturated heterocycles. The van der Waals surface area contributed by atoms with Crippen molar-refractivity contribution in [2.45, 2.75) is 13.3 Å². The highest BCUT2D eigenvalue weighted by Gasteiger charge is 2.20. The topological polar surface area (TPSA) is 64.3 Å². The van der Waals surface area contributed by atoms with Gasteiger partial charge in [-0.3, -0.25) is 4.79 Å². The van der Waals surface area contributed by atoms with Crippen molar-refractivity contribution in [1.29, 1.82) is 0 Å². The number of benzene rings is 1. The molecule has 0 heterocycles. The van der Waals surface area contributed by atoms with Gasteiger partial charge < -0.3 is 15.8 Å². The quantitative estimate of drug-likeness (QED) is 0.815. The van der Waals surface area contributed by atoms with Crippen molar-refractivity contribution in [2.24, 2.45) is 11.7 Å². The fourth-order valence-corrected chi connectivity index (χ4v) is 2.08. The Morgan fingerprint density at radius 1 is 1.61 bits per heavy atom. The lowest BCUT2D eigenvalue weighted by Gasteiger charge is -2.15. The fourth-order valence-electron chi connectivity index (χ4n) is 1.46. The largest absolute Gasteiger partial charge is 0.497 e. The maximum Gasteiger partial charge on any atom is 0.234 e. The van der Waals surface area contributed by atoms with Crippen molar-refractivity contribution in [2.75, 3.05) is 12.4 Å². The molecular weight excluding hydrogens is 316 g/mol. The summed E-state index contributed by atoms with van der Waals surface area (Å²) < 4.78 is 5.88. The van der Waals surface area contributed by atoms with Gasteiger partial charge in [-0.25, -0.2) is 0 Å². The van der Waals surface area contributed by atoms with Crippen LogP contribution in [0.5, 0.6) is 5.75 Å². The van der Waals surface area contributed by atoms with E-state index < -0.39 is 5.92 Å². The van der Waals surface area contributed by atoms with Gasteiger partial charge in [0.1, 0.15) is 5.75 Å². The third-order valence-corrected chi connectivity index (χ3v) is 3.48. The number of rotatable bonds is 5. The van der Waals surface area contributed by atoms with E-state index in [4.69, 9.17) is 22.7 Å². The summed E-state index contributed by atoms with van der Waals surface area (Å²) in [6.45, 7) is 1.87. The van der Waals surface area contributed by atoms with Crippen molar-refractivity contribution >= 4 is 44.7 Å². The van der Waals surface area contributed by atoms with E-state index in [1.54, 1.807) is 25.3 Å². The second kappa shape index (κ2) is 6.70. The zero-order valence-electron chi connectivity index (χ0n) is 10.2. The molecule has 98 valence electrons. The summed E-state index contributed by atoms with van der Waals surface area (Å²) in [6.07, 6.45) is 0.572. The summed E-state index contributed by atoms with van der Waals surface area (Å²) in [5.74, 6) is -0.00562. The van der Waals surface area contributed by atoms with E-state index in [0.29, 0.717) is 17.9 Å². The highest BCUT2D eigenvalue weighted by atomic mass is 79.9. The Labute approximate surface area is 120 Å². The summed E-state index contributed by atoms with van der Waals surface area (Å²) in [4.78, 5) is 12.2. The van der Waals surface area contributed by atoms with Crippen LogP contribution in [0, 0.1) is 5.92 Å². The fraction of sp³-hybridized carbons (Fsp3) is 0.333. The van der Waals surface area contributed by atoms with Gasteiger partial charge in [0.25, 0.3) is 0 Å². The summed E-state index contributed by atoms with van der Waals surface area (Å²) >= 11 is 8.23. The van der Waals surface area contributed by atoms with E-state index >= 15 is 0 Å². The Hall–Kier alpha value is -1.14. The maximum absolute atomic E-state index is 12.0. The second-order valence-corrected chi connectivity index (χ2v) is 5.02. The number of thiocarbonyl (C=S) groups is 1. The van der Waals surface area contributed by atoms with Gasteiger partial charge in [-0.15, -0.1) is 0 Å². The van der Waals surface area contributed by atoms with Crippen molar-refractivity contribution in [3.63, 3.8) is 0 Å². The predicted molar refractivity (Wildman–Crippen MR) is 79.9 cm³/mol. The minimum atomic E-state index is -0.460. The summed E-state index contributed by atoms with van der Waals surface area (Å²) in [5.41, 5.74) is 6.16. The number of nitrogens with two attached hydrogens (primary N) is 1. The Kier molecular flexibility index (Phi) is 5.55. The molecule has 1 aromatic rings. The maximum atomic E-state index is 12.0. The number of hydrogen-bond donors (Lipinski definition) is 2. The van der Waals surface area contributed by atoms with E-state index in [2.05, 4.69) is 21.2 Å². The third-order valence-electron chi connectivity index (χ3n) is 2.50. The molecule has 3 N–H and O–H groups in total. The molecule has 0 aliphatic carbocycles. The predicted octanol–water partition coefficient (Wildman–Crippen LogP) is 2.71. The Morgan fingerprint density at radius 2 is 2.28 bits per heavy atom.